The van der Waals surface area contributed by atoms with E-state index in [2.05, 4.69) is 5.10 Å². The van der Waals surface area contributed by atoms with Crippen molar-refractivity contribution in [3.8, 4) is 0 Å². The van der Waals surface area contributed by atoms with Crippen LogP contribution in [-0.2, 0) is 23.0 Å². The molecule has 1 atom stereocenters. The van der Waals surface area contributed by atoms with Crippen molar-refractivity contribution in [3.63, 3.8) is 0 Å². The van der Waals surface area contributed by atoms with Crippen molar-refractivity contribution >= 4 is 12.1 Å². The summed E-state index contributed by atoms with van der Waals surface area (Å²) < 4.78 is 6.84. The molecule has 0 saturated heterocycles. The lowest BCUT2D eigenvalue weighted by molar-refractivity contribution is -0.143. The van der Waals surface area contributed by atoms with E-state index in [4.69, 9.17) is 4.74 Å². The Morgan fingerprint density at radius 3 is 2.65 bits per heavy atom. The van der Waals surface area contributed by atoms with Gasteiger partial charge in [0, 0.05) is 31.8 Å². The fourth-order valence-corrected chi connectivity index (χ4v) is 2.28. The molecule has 1 aromatic heterocycles. The van der Waals surface area contributed by atoms with E-state index in [1.54, 1.807) is 38.7 Å². The van der Waals surface area contributed by atoms with Gasteiger partial charge in [-0.3, -0.25) is 9.58 Å². The van der Waals surface area contributed by atoms with Gasteiger partial charge in [0.2, 0.25) is 0 Å². The first-order chi connectivity index (χ1) is 9.19. The molecular weight excluding hydrogens is 262 g/mol. The highest BCUT2D eigenvalue weighted by Gasteiger charge is 2.39. The summed E-state index contributed by atoms with van der Waals surface area (Å²) in [5.41, 5.74) is 0.617. The van der Waals surface area contributed by atoms with Crippen LogP contribution in [0, 0.1) is 0 Å². The van der Waals surface area contributed by atoms with Gasteiger partial charge in [-0.25, -0.2) is 9.59 Å². The van der Waals surface area contributed by atoms with Crippen molar-refractivity contribution < 1.29 is 19.4 Å². The van der Waals surface area contributed by atoms with Crippen LogP contribution in [0.1, 0.15) is 38.1 Å². The molecule has 1 aliphatic rings. The smallest absolute Gasteiger partial charge is 0.411 e. The van der Waals surface area contributed by atoms with Crippen molar-refractivity contribution in [1.82, 2.24) is 14.7 Å². The number of carbonyl (C=O) groups excluding carboxylic acids is 1. The Balaban J connectivity index is 2.31. The summed E-state index contributed by atoms with van der Waals surface area (Å²) in [5.74, 6) is -1.08. The summed E-state index contributed by atoms with van der Waals surface area (Å²) in [6.45, 7) is 5.54. The van der Waals surface area contributed by atoms with Crippen molar-refractivity contribution in [2.45, 2.75) is 38.8 Å². The monoisotopic (exact) mass is 281 g/mol. The van der Waals surface area contributed by atoms with Crippen LogP contribution in [0.2, 0.25) is 0 Å². The standard InChI is InChI=1S/C13H19N3O4/c1-13(2,3)20-12(19)16-6-5-9-8(7-15(4)14-9)10(16)11(17)18/h7,10H,5-6H2,1-4H3,(H,17,18). The summed E-state index contributed by atoms with van der Waals surface area (Å²) in [4.78, 5) is 24.9. The van der Waals surface area contributed by atoms with Gasteiger partial charge in [-0.05, 0) is 20.8 Å². The number of carboxylic acid groups (broad SMARTS) is 1. The Labute approximate surface area is 117 Å². The molecule has 2 heterocycles. The minimum Gasteiger partial charge on any atom is -0.479 e. The highest BCUT2D eigenvalue weighted by molar-refractivity contribution is 5.82. The lowest BCUT2D eigenvalue weighted by Crippen LogP contribution is -2.45. The van der Waals surface area contributed by atoms with Gasteiger partial charge in [0.15, 0.2) is 6.04 Å². The number of hydrogen-bond donors (Lipinski definition) is 1. The first-order valence-electron chi connectivity index (χ1n) is 6.44. The third-order valence-electron chi connectivity index (χ3n) is 3.00. The minimum absolute atomic E-state index is 0.288. The number of ether oxygens (including phenoxy) is 1. The van der Waals surface area contributed by atoms with E-state index in [0.29, 0.717) is 12.0 Å². The zero-order valence-electron chi connectivity index (χ0n) is 12.1. The van der Waals surface area contributed by atoms with Crippen LogP contribution in [0.3, 0.4) is 0 Å². The van der Waals surface area contributed by atoms with Crippen molar-refractivity contribution in [2.24, 2.45) is 7.05 Å². The van der Waals surface area contributed by atoms with Crippen LogP contribution in [-0.4, -0.2) is 44.0 Å². The second kappa shape index (κ2) is 4.81. The first-order valence-corrected chi connectivity index (χ1v) is 6.44. The Hall–Kier alpha value is -2.05. The Bertz CT molecular complexity index is 544. The number of carboxylic acids is 1. The molecule has 1 N–H and O–H groups in total. The van der Waals surface area contributed by atoms with Gasteiger partial charge >= 0.3 is 12.1 Å². The molecular formula is C13H19N3O4. The molecule has 1 amide bonds. The van der Waals surface area contributed by atoms with E-state index in [0.717, 1.165) is 5.69 Å². The third-order valence-corrected chi connectivity index (χ3v) is 3.00. The number of fused-ring (bicyclic) bond motifs is 1. The Morgan fingerprint density at radius 2 is 2.10 bits per heavy atom. The quantitative estimate of drug-likeness (QED) is 0.839. The van der Waals surface area contributed by atoms with Crippen LogP contribution in [0.15, 0.2) is 6.20 Å². The van der Waals surface area contributed by atoms with E-state index in [9.17, 15) is 14.7 Å². The van der Waals surface area contributed by atoms with Crippen LogP contribution < -0.4 is 0 Å². The van der Waals surface area contributed by atoms with Gasteiger partial charge in [0.05, 0.1) is 5.69 Å². The number of amides is 1. The first kappa shape index (κ1) is 14.4. The zero-order valence-corrected chi connectivity index (χ0v) is 12.1. The SMILES string of the molecule is Cn1cc2c(n1)CCN(C(=O)OC(C)(C)C)C2C(=O)O. The topological polar surface area (TPSA) is 84.7 Å². The molecule has 7 heteroatoms. The number of nitrogens with zero attached hydrogens (tertiary/aromatic N) is 3. The molecule has 0 aromatic carbocycles. The van der Waals surface area contributed by atoms with Gasteiger partial charge in [0.25, 0.3) is 0 Å². The zero-order chi connectivity index (χ0) is 15.1. The van der Waals surface area contributed by atoms with Gasteiger partial charge < -0.3 is 9.84 Å². The van der Waals surface area contributed by atoms with Gasteiger partial charge in [-0.1, -0.05) is 0 Å². The number of aliphatic carboxylic acids is 1. The maximum Gasteiger partial charge on any atom is 0.411 e. The second-order valence-corrected chi connectivity index (χ2v) is 5.87. The molecule has 0 radical (unpaired) electrons. The average Bonchev–Trinajstić information content (AvgIpc) is 2.64. The van der Waals surface area contributed by atoms with Crippen LogP contribution >= 0.6 is 0 Å². The van der Waals surface area contributed by atoms with Gasteiger partial charge in [0.1, 0.15) is 5.60 Å². The molecule has 2 rings (SSSR count). The van der Waals surface area contributed by atoms with Gasteiger partial charge in [-0.15, -0.1) is 0 Å². The average molecular weight is 281 g/mol. The number of carbonyl (C=O) groups is 2. The molecule has 1 aliphatic heterocycles. The summed E-state index contributed by atoms with van der Waals surface area (Å²) in [7, 11) is 1.73. The summed E-state index contributed by atoms with van der Waals surface area (Å²) in [6, 6.07) is -1.04. The molecule has 0 saturated carbocycles. The summed E-state index contributed by atoms with van der Waals surface area (Å²) in [6.07, 6.45) is 1.56. The third kappa shape index (κ3) is 2.76. The van der Waals surface area contributed by atoms with E-state index in [1.165, 1.54) is 4.90 Å². The largest absolute Gasteiger partial charge is 0.479 e. The summed E-state index contributed by atoms with van der Waals surface area (Å²) >= 11 is 0. The number of hydrogen-bond acceptors (Lipinski definition) is 4. The maximum atomic E-state index is 12.2. The van der Waals surface area contributed by atoms with Crippen LogP contribution in [0.5, 0.6) is 0 Å². The lowest BCUT2D eigenvalue weighted by Gasteiger charge is -2.33. The predicted octanol–water partition coefficient (Wildman–Crippen LogP) is 1.34. The normalized spacial score (nSPS) is 18.6. The molecule has 110 valence electrons. The minimum atomic E-state index is -1.08. The lowest BCUT2D eigenvalue weighted by atomic mass is 10.00. The molecule has 0 aliphatic carbocycles. The molecule has 0 fully saturated rings. The fourth-order valence-electron chi connectivity index (χ4n) is 2.28. The highest BCUT2D eigenvalue weighted by Crippen LogP contribution is 2.30. The number of aromatic nitrogens is 2. The van der Waals surface area contributed by atoms with Crippen LogP contribution in [0.25, 0.3) is 0 Å². The van der Waals surface area contributed by atoms with Crippen LogP contribution in [0.4, 0.5) is 4.79 Å². The fraction of sp³-hybridized carbons (Fsp3) is 0.615. The van der Waals surface area contributed by atoms with E-state index in [1.807, 2.05) is 0 Å². The van der Waals surface area contributed by atoms with E-state index < -0.39 is 23.7 Å². The molecule has 7 nitrogen and oxygen atoms in total. The van der Waals surface area contributed by atoms with Gasteiger partial charge in [-0.2, -0.15) is 5.10 Å². The predicted molar refractivity (Wildman–Crippen MR) is 70.2 cm³/mol. The molecule has 20 heavy (non-hydrogen) atoms. The number of aryl methyl sites for hydroxylation is 1. The molecule has 0 spiro atoms. The second-order valence-electron chi connectivity index (χ2n) is 5.87. The van der Waals surface area contributed by atoms with Crippen molar-refractivity contribution in [1.29, 1.82) is 0 Å². The van der Waals surface area contributed by atoms with E-state index in [-0.39, 0.29) is 6.54 Å². The molecule has 1 aromatic rings. The molecule has 1 unspecified atom stereocenters. The van der Waals surface area contributed by atoms with E-state index >= 15 is 0 Å². The highest BCUT2D eigenvalue weighted by atomic mass is 16.6. The van der Waals surface area contributed by atoms with Crippen molar-refractivity contribution in [3.05, 3.63) is 17.5 Å². The Morgan fingerprint density at radius 1 is 1.45 bits per heavy atom. The maximum absolute atomic E-state index is 12.2. The number of rotatable bonds is 1. The Kier molecular flexibility index (Phi) is 3.45. The van der Waals surface area contributed by atoms with Crippen molar-refractivity contribution in [2.75, 3.05) is 6.54 Å². The summed E-state index contributed by atoms with van der Waals surface area (Å²) in [5, 5.41) is 13.7. The molecule has 0 bridgehead atoms.